The Labute approximate surface area is 154 Å². The highest BCUT2D eigenvalue weighted by Gasteiger charge is 2.25. The quantitative estimate of drug-likeness (QED) is 0.534. The van der Waals surface area contributed by atoms with Gasteiger partial charge in [-0.15, -0.1) is 0 Å². The van der Waals surface area contributed by atoms with Crippen LogP contribution in [0.4, 0.5) is 0 Å². The van der Waals surface area contributed by atoms with Gasteiger partial charge in [0.15, 0.2) is 0 Å². The Balaban J connectivity index is 1.66. The molecule has 0 aliphatic rings. The number of fused-ring (bicyclic) bond motifs is 2. The predicted molar refractivity (Wildman–Crippen MR) is 106 cm³/mol. The highest BCUT2D eigenvalue weighted by atomic mass is 15.0. The Morgan fingerprint density at radius 3 is 2.46 bits per heavy atom. The molecule has 0 bridgehead atoms. The number of pyridine rings is 1. The van der Waals surface area contributed by atoms with E-state index in [-0.39, 0.29) is 10.8 Å². The summed E-state index contributed by atoms with van der Waals surface area (Å²) in [7, 11) is 0. The molecule has 0 aliphatic heterocycles. The molecule has 0 aliphatic carbocycles. The number of imidazole rings is 1. The molecule has 4 nitrogen and oxygen atoms in total. The molecule has 0 atom stereocenters. The summed E-state index contributed by atoms with van der Waals surface area (Å²) in [6.45, 7) is 11.2. The molecule has 0 saturated carbocycles. The summed E-state index contributed by atoms with van der Waals surface area (Å²) in [6.07, 6.45) is 11.5. The van der Waals surface area contributed by atoms with Crippen LogP contribution in [0.5, 0.6) is 0 Å². The summed E-state index contributed by atoms with van der Waals surface area (Å²) in [5.74, 6) is 0. The fourth-order valence-corrected chi connectivity index (χ4v) is 3.40. The van der Waals surface area contributed by atoms with Crippen molar-refractivity contribution in [2.45, 2.75) is 51.9 Å². The highest BCUT2D eigenvalue weighted by Crippen LogP contribution is 2.28. The second kappa shape index (κ2) is 5.70. The summed E-state index contributed by atoms with van der Waals surface area (Å²) in [4.78, 5) is 9.49. The standard InChI is InChI=1S/C22H26N4/c1-21(2,3)17-10-20-23-12-16(13-26(20)14-17)11-22(4,5)18-15-25-9-7-6-8-19(25)24-18/h6-10,12-15H,11H2,1-5H3. The summed E-state index contributed by atoms with van der Waals surface area (Å²) >= 11 is 0. The van der Waals surface area contributed by atoms with Crippen LogP contribution in [-0.4, -0.2) is 18.8 Å². The maximum Gasteiger partial charge on any atom is 0.136 e. The normalized spacial score (nSPS) is 13.0. The van der Waals surface area contributed by atoms with Gasteiger partial charge in [0.05, 0.1) is 5.69 Å². The Hall–Kier alpha value is -2.62. The minimum absolute atomic E-state index is 0.0681. The lowest BCUT2D eigenvalue weighted by Crippen LogP contribution is -2.21. The molecule has 0 radical (unpaired) electrons. The van der Waals surface area contributed by atoms with E-state index in [4.69, 9.17) is 4.98 Å². The number of rotatable bonds is 3. The molecule has 4 heteroatoms. The van der Waals surface area contributed by atoms with E-state index in [0.717, 1.165) is 23.4 Å². The third-order valence-corrected chi connectivity index (χ3v) is 5.06. The second-order valence-electron chi connectivity index (χ2n) is 8.86. The lowest BCUT2D eigenvalue weighted by molar-refractivity contribution is 0.506. The monoisotopic (exact) mass is 346 g/mol. The van der Waals surface area contributed by atoms with Crippen molar-refractivity contribution in [3.05, 3.63) is 72.1 Å². The lowest BCUT2D eigenvalue weighted by Gasteiger charge is -2.22. The molecular weight excluding hydrogens is 320 g/mol. The minimum atomic E-state index is -0.0681. The second-order valence-corrected chi connectivity index (χ2v) is 8.86. The van der Waals surface area contributed by atoms with Crippen molar-refractivity contribution in [2.75, 3.05) is 0 Å². The fourth-order valence-electron chi connectivity index (χ4n) is 3.40. The predicted octanol–water partition coefficient (Wildman–Crippen LogP) is 4.80. The van der Waals surface area contributed by atoms with Gasteiger partial charge in [0, 0.05) is 36.4 Å². The van der Waals surface area contributed by atoms with E-state index >= 15 is 0 Å². The molecule has 0 fully saturated rings. The SMILES string of the molecule is CC(C)(C)c1cc2ncc(CC(C)(C)c3cn4ccccc4n3)cn2c1. The van der Waals surface area contributed by atoms with Crippen molar-refractivity contribution in [2.24, 2.45) is 0 Å². The van der Waals surface area contributed by atoms with Crippen LogP contribution in [0.15, 0.2) is 55.2 Å². The first-order valence-corrected chi connectivity index (χ1v) is 9.14. The van der Waals surface area contributed by atoms with Gasteiger partial charge in [0.25, 0.3) is 0 Å². The van der Waals surface area contributed by atoms with Gasteiger partial charge in [0.1, 0.15) is 11.3 Å². The topological polar surface area (TPSA) is 34.6 Å². The minimum Gasteiger partial charge on any atom is -0.308 e. The van der Waals surface area contributed by atoms with Crippen LogP contribution in [0, 0.1) is 0 Å². The van der Waals surface area contributed by atoms with Crippen LogP contribution in [0.2, 0.25) is 0 Å². The van der Waals surface area contributed by atoms with Crippen molar-refractivity contribution in [3.63, 3.8) is 0 Å². The van der Waals surface area contributed by atoms with E-state index in [1.54, 1.807) is 0 Å². The molecule has 0 aromatic carbocycles. The maximum absolute atomic E-state index is 4.82. The molecule has 0 N–H and O–H groups in total. The van der Waals surface area contributed by atoms with Crippen LogP contribution < -0.4 is 0 Å². The summed E-state index contributed by atoms with van der Waals surface area (Å²) in [5, 5.41) is 0. The Kier molecular flexibility index (Phi) is 3.69. The van der Waals surface area contributed by atoms with Crippen molar-refractivity contribution >= 4 is 11.3 Å². The van der Waals surface area contributed by atoms with Crippen LogP contribution in [0.3, 0.4) is 0 Å². The largest absolute Gasteiger partial charge is 0.308 e. The molecule has 26 heavy (non-hydrogen) atoms. The fraction of sp³-hybridized carbons (Fsp3) is 0.364. The van der Waals surface area contributed by atoms with E-state index in [1.165, 1.54) is 11.1 Å². The van der Waals surface area contributed by atoms with E-state index in [1.807, 2.05) is 30.6 Å². The highest BCUT2D eigenvalue weighted by molar-refractivity contribution is 5.46. The van der Waals surface area contributed by atoms with Crippen molar-refractivity contribution < 1.29 is 0 Å². The Morgan fingerprint density at radius 1 is 0.923 bits per heavy atom. The first-order chi connectivity index (χ1) is 12.2. The number of hydrogen-bond acceptors (Lipinski definition) is 2. The van der Waals surface area contributed by atoms with Gasteiger partial charge in [0.2, 0.25) is 0 Å². The van der Waals surface area contributed by atoms with Crippen LogP contribution in [-0.2, 0) is 17.3 Å². The maximum atomic E-state index is 4.82. The smallest absolute Gasteiger partial charge is 0.136 e. The molecule has 134 valence electrons. The zero-order chi connectivity index (χ0) is 18.5. The van der Waals surface area contributed by atoms with E-state index in [9.17, 15) is 0 Å². The zero-order valence-electron chi connectivity index (χ0n) is 16.2. The number of aromatic nitrogens is 4. The third kappa shape index (κ3) is 3.00. The van der Waals surface area contributed by atoms with Gasteiger partial charge in [-0.2, -0.15) is 0 Å². The molecular formula is C22H26N4. The number of hydrogen-bond donors (Lipinski definition) is 0. The summed E-state index contributed by atoms with van der Waals surface area (Å²) in [6, 6.07) is 8.27. The molecule has 0 unspecified atom stereocenters. The third-order valence-electron chi connectivity index (χ3n) is 5.06. The zero-order valence-corrected chi connectivity index (χ0v) is 16.2. The molecule has 4 heterocycles. The Morgan fingerprint density at radius 2 is 1.73 bits per heavy atom. The van der Waals surface area contributed by atoms with Crippen LogP contribution in [0.1, 0.15) is 51.4 Å². The van der Waals surface area contributed by atoms with Crippen LogP contribution >= 0.6 is 0 Å². The summed E-state index contributed by atoms with van der Waals surface area (Å²) in [5.41, 5.74) is 5.68. The molecule has 4 aromatic heterocycles. The van der Waals surface area contributed by atoms with E-state index < -0.39 is 0 Å². The van der Waals surface area contributed by atoms with Gasteiger partial charge in [-0.3, -0.25) is 0 Å². The average molecular weight is 346 g/mol. The van der Waals surface area contributed by atoms with Crippen molar-refractivity contribution in [3.8, 4) is 0 Å². The first-order valence-electron chi connectivity index (χ1n) is 9.14. The molecule has 4 rings (SSSR count). The molecule has 4 aromatic rings. The van der Waals surface area contributed by atoms with Gasteiger partial charge in [-0.05, 0) is 41.2 Å². The number of nitrogens with zero attached hydrogens (tertiary/aromatic N) is 4. The van der Waals surface area contributed by atoms with Gasteiger partial charge in [-0.25, -0.2) is 9.97 Å². The van der Waals surface area contributed by atoms with Gasteiger partial charge in [-0.1, -0.05) is 40.7 Å². The van der Waals surface area contributed by atoms with E-state index in [2.05, 4.69) is 73.1 Å². The molecule has 0 saturated heterocycles. The van der Waals surface area contributed by atoms with Gasteiger partial charge >= 0.3 is 0 Å². The van der Waals surface area contributed by atoms with Crippen molar-refractivity contribution in [1.29, 1.82) is 0 Å². The van der Waals surface area contributed by atoms with Gasteiger partial charge < -0.3 is 8.80 Å². The van der Waals surface area contributed by atoms with E-state index in [0.29, 0.717) is 0 Å². The average Bonchev–Trinajstić information content (AvgIpc) is 3.18. The molecule has 0 spiro atoms. The van der Waals surface area contributed by atoms with Crippen molar-refractivity contribution in [1.82, 2.24) is 18.8 Å². The Bertz CT molecular complexity index is 1040. The first kappa shape index (κ1) is 16.8. The lowest BCUT2D eigenvalue weighted by atomic mass is 9.84. The van der Waals surface area contributed by atoms with Crippen LogP contribution in [0.25, 0.3) is 11.3 Å². The summed E-state index contributed by atoms with van der Waals surface area (Å²) < 4.78 is 4.23. The molecule has 0 amide bonds.